The summed E-state index contributed by atoms with van der Waals surface area (Å²) in [6.07, 6.45) is 9.10. The Morgan fingerprint density at radius 3 is 2.35 bits per heavy atom. The molecule has 1 atom stereocenters. The largest absolute Gasteiger partial charge is 0.0941 e. The van der Waals surface area contributed by atoms with Gasteiger partial charge in [-0.25, -0.2) is 0 Å². The smallest absolute Gasteiger partial charge is 0.0434 e. The maximum atomic E-state index is 6.17. The van der Waals surface area contributed by atoms with E-state index in [-0.39, 0.29) is 0 Å². The predicted octanol–water partition coefficient (Wildman–Crippen LogP) is 5.87. The van der Waals surface area contributed by atoms with Crippen LogP contribution in [-0.2, 0) is 0 Å². The summed E-state index contributed by atoms with van der Waals surface area (Å²) in [6, 6.07) is 0. The number of hydrogen-bond donors (Lipinski definition) is 0. The van der Waals surface area contributed by atoms with E-state index in [2.05, 4.69) is 40.3 Å². The van der Waals surface area contributed by atoms with Gasteiger partial charge < -0.3 is 0 Å². The van der Waals surface area contributed by atoms with Gasteiger partial charge in [0.25, 0.3) is 0 Å². The van der Waals surface area contributed by atoms with Crippen LogP contribution in [0.15, 0.2) is 47.1 Å². The third-order valence-corrected chi connectivity index (χ3v) is 3.41. The van der Waals surface area contributed by atoms with Gasteiger partial charge in [0.1, 0.15) is 0 Å². The molecule has 0 amide bonds. The highest BCUT2D eigenvalue weighted by molar-refractivity contribution is 6.32. The van der Waals surface area contributed by atoms with E-state index in [1.54, 1.807) is 0 Å². The Hall–Kier alpha value is -0.750. The van der Waals surface area contributed by atoms with Crippen molar-refractivity contribution in [3.63, 3.8) is 0 Å². The van der Waals surface area contributed by atoms with Crippen LogP contribution in [0.5, 0.6) is 0 Å². The lowest BCUT2D eigenvalue weighted by atomic mass is 9.95. The van der Waals surface area contributed by atoms with Gasteiger partial charge in [0.15, 0.2) is 0 Å². The van der Waals surface area contributed by atoms with Crippen LogP contribution in [0.25, 0.3) is 0 Å². The van der Waals surface area contributed by atoms with Crippen LogP contribution in [0.2, 0.25) is 0 Å². The van der Waals surface area contributed by atoms with Crippen molar-refractivity contribution in [2.45, 2.75) is 41.0 Å². The fourth-order valence-electron chi connectivity index (χ4n) is 1.26. The molecule has 0 fully saturated rings. The Morgan fingerprint density at radius 1 is 1.29 bits per heavy atom. The van der Waals surface area contributed by atoms with E-state index in [0.29, 0.717) is 11.8 Å². The molecule has 1 unspecified atom stereocenters. The van der Waals surface area contributed by atoms with E-state index < -0.39 is 0 Å². The zero-order valence-electron chi connectivity index (χ0n) is 11.8. The van der Waals surface area contributed by atoms with E-state index in [1.165, 1.54) is 5.57 Å². The summed E-state index contributed by atoms with van der Waals surface area (Å²) in [7, 11) is 0. The molecule has 0 aliphatic carbocycles. The Morgan fingerprint density at radius 2 is 1.88 bits per heavy atom. The number of allylic oxidation sites excluding steroid dienone is 7. The molecular formula is C16H25Cl. The average molecular weight is 253 g/mol. The summed E-state index contributed by atoms with van der Waals surface area (Å²) in [5, 5.41) is 0.756. The highest BCUT2D eigenvalue weighted by Gasteiger charge is 2.08. The van der Waals surface area contributed by atoms with Crippen molar-refractivity contribution in [3.8, 4) is 0 Å². The van der Waals surface area contributed by atoms with Gasteiger partial charge in [0, 0.05) is 5.03 Å². The van der Waals surface area contributed by atoms with Crippen molar-refractivity contribution < 1.29 is 0 Å². The Bertz CT molecular complexity index is 329. The van der Waals surface area contributed by atoms with Gasteiger partial charge in [-0.05, 0) is 43.8 Å². The second-order valence-electron chi connectivity index (χ2n) is 4.81. The minimum absolute atomic E-state index is 0.387. The van der Waals surface area contributed by atoms with Crippen molar-refractivity contribution >= 4 is 11.6 Å². The fraction of sp³-hybridized carbons (Fsp3) is 0.500. The van der Waals surface area contributed by atoms with Crippen LogP contribution >= 0.6 is 11.6 Å². The number of rotatable bonds is 6. The predicted molar refractivity (Wildman–Crippen MR) is 80.3 cm³/mol. The molecule has 0 radical (unpaired) electrons. The summed E-state index contributed by atoms with van der Waals surface area (Å²) >= 11 is 6.17. The maximum absolute atomic E-state index is 6.17. The third-order valence-electron chi connectivity index (χ3n) is 3.04. The molecule has 0 aromatic heterocycles. The molecule has 0 N–H and O–H groups in total. The summed E-state index contributed by atoms with van der Waals surface area (Å²) in [5.41, 5.74) is 2.44. The van der Waals surface area contributed by atoms with Crippen LogP contribution in [0.3, 0.4) is 0 Å². The lowest BCUT2D eigenvalue weighted by Crippen LogP contribution is -1.98. The van der Waals surface area contributed by atoms with E-state index in [4.69, 9.17) is 11.6 Å². The topological polar surface area (TPSA) is 0 Å². The SMILES string of the molecule is C=C(/C(Cl)=C\C=C\C)C(C)C/C=C(\C)C(C)C. The molecule has 0 rings (SSSR count). The van der Waals surface area contributed by atoms with Crippen LogP contribution in [0.1, 0.15) is 41.0 Å². The van der Waals surface area contributed by atoms with Gasteiger partial charge in [0.2, 0.25) is 0 Å². The van der Waals surface area contributed by atoms with Crippen LogP contribution < -0.4 is 0 Å². The number of hydrogen-bond acceptors (Lipinski definition) is 0. The van der Waals surface area contributed by atoms with Gasteiger partial charge in [-0.15, -0.1) is 0 Å². The summed E-state index contributed by atoms with van der Waals surface area (Å²) in [6.45, 7) is 14.8. The number of halogens is 1. The Kier molecular flexibility index (Phi) is 7.99. The first-order valence-electron chi connectivity index (χ1n) is 6.24. The molecule has 0 heterocycles. The van der Waals surface area contributed by atoms with Gasteiger partial charge in [-0.2, -0.15) is 0 Å². The summed E-state index contributed by atoms with van der Waals surface area (Å²) in [5.74, 6) is 1.00. The second-order valence-corrected chi connectivity index (χ2v) is 5.21. The van der Waals surface area contributed by atoms with Crippen LogP contribution in [0.4, 0.5) is 0 Å². The van der Waals surface area contributed by atoms with Gasteiger partial charge in [0.05, 0.1) is 0 Å². The van der Waals surface area contributed by atoms with E-state index >= 15 is 0 Å². The minimum Gasteiger partial charge on any atom is -0.0941 e. The molecule has 1 heteroatoms. The van der Waals surface area contributed by atoms with Gasteiger partial charge >= 0.3 is 0 Å². The first-order valence-corrected chi connectivity index (χ1v) is 6.62. The average Bonchev–Trinajstić information content (AvgIpc) is 2.31. The van der Waals surface area contributed by atoms with Crippen molar-refractivity contribution in [1.29, 1.82) is 0 Å². The monoisotopic (exact) mass is 252 g/mol. The molecule has 0 aliphatic heterocycles. The lowest BCUT2D eigenvalue weighted by molar-refractivity contribution is 0.690. The van der Waals surface area contributed by atoms with Crippen molar-refractivity contribution in [2.75, 3.05) is 0 Å². The molecule has 96 valence electrons. The summed E-state index contributed by atoms with van der Waals surface area (Å²) in [4.78, 5) is 0. The van der Waals surface area contributed by atoms with Gasteiger partial charge in [-0.1, -0.05) is 62.8 Å². The highest BCUT2D eigenvalue weighted by Crippen LogP contribution is 2.25. The van der Waals surface area contributed by atoms with Crippen molar-refractivity contribution in [3.05, 3.63) is 47.1 Å². The fourth-order valence-corrected chi connectivity index (χ4v) is 1.52. The molecule has 0 spiro atoms. The molecule has 0 bridgehead atoms. The van der Waals surface area contributed by atoms with Gasteiger partial charge in [-0.3, -0.25) is 0 Å². The highest BCUT2D eigenvalue weighted by atomic mass is 35.5. The van der Waals surface area contributed by atoms with Crippen molar-refractivity contribution in [1.82, 2.24) is 0 Å². The molecular weight excluding hydrogens is 228 g/mol. The first kappa shape index (κ1) is 16.2. The quantitative estimate of drug-likeness (QED) is 0.410. The van der Waals surface area contributed by atoms with Crippen molar-refractivity contribution in [2.24, 2.45) is 11.8 Å². The lowest BCUT2D eigenvalue weighted by Gasteiger charge is -2.13. The third kappa shape index (κ3) is 6.53. The molecule has 17 heavy (non-hydrogen) atoms. The zero-order valence-corrected chi connectivity index (χ0v) is 12.5. The first-order chi connectivity index (χ1) is 7.90. The Labute approximate surface area is 112 Å². The Balaban J connectivity index is 4.48. The minimum atomic E-state index is 0.387. The maximum Gasteiger partial charge on any atom is 0.0434 e. The van der Waals surface area contributed by atoms with Crippen LogP contribution in [-0.4, -0.2) is 0 Å². The molecule has 0 nitrogen and oxygen atoms in total. The van der Waals surface area contributed by atoms with E-state index in [9.17, 15) is 0 Å². The van der Waals surface area contributed by atoms with E-state index in [1.807, 2.05) is 25.2 Å². The second kappa shape index (κ2) is 8.36. The van der Waals surface area contributed by atoms with E-state index in [0.717, 1.165) is 17.0 Å². The normalized spacial score (nSPS) is 15.7. The molecule has 0 aliphatic rings. The zero-order chi connectivity index (χ0) is 13.4. The van der Waals surface area contributed by atoms with Crippen LogP contribution in [0, 0.1) is 11.8 Å². The molecule has 0 saturated carbocycles. The molecule has 0 aromatic carbocycles. The summed E-state index contributed by atoms with van der Waals surface area (Å²) < 4.78 is 0. The molecule has 0 saturated heterocycles. The standard InChI is InChI=1S/C16H25Cl/c1-7-8-9-16(17)15(6)14(5)11-10-13(4)12(2)3/h7-10,12,14H,6,11H2,1-5H3/b8-7+,13-10+,16-9+. The molecule has 0 aromatic rings.